The molecule has 150 valence electrons. The van der Waals surface area contributed by atoms with E-state index in [9.17, 15) is 9.59 Å². The van der Waals surface area contributed by atoms with Crippen LogP contribution < -0.4 is 10.6 Å². The fourth-order valence-corrected chi connectivity index (χ4v) is 4.37. The van der Waals surface area contributed by atoms with Gasteiger partial charge in [0.15, 0.2) is 5.82 Å². The summed E-state index contributed by atoms with van der Waals surface area (Å²) in [6, 6.07) is 10.3. The van der Waals surface area contributed by atoms with Gasteiger partial charge in [0, 0.05) is 23.4 Å². The van der Waals surface area contributed by atoms with Gasteiger partial charge in [0.1, 0.15) is 6.07 Å². The van der Waals surface area contributed by atoms with Crippen molar-refractivity contribution in [3.05, 3.63) is 57.4 Å². The van der Waals surface area contributed by atoms with Gasteiger partial charge in [0.05, 0.1) is 21.8 Å². The normalized spacial score (nSPS) is 10.7. The molecule has 8 nitrogen and oxygen atoms in total. The molecule has 0 radical (unpaired) electrons. The molecule has 11 heteroatoms. The summed E-state index contributed by atoms with van der Waals surface area (Å²) in [7, 11) is 0. The van der Waals surface area contributed by atoms with Crippen molar-refractivity contribution in [3.8, 4) is 16.8 Å². The minimum Gasteiger partial charge on any atom is -0.347 e. The number of amides is 2. The topological polar surface area (TPSA) is 112 Å². The zero-order valence-corrected chi connectivity index (χ0v) is 17.6. The number of halogens is 1. The number of anilines is 1. The van der Waals surface area contributed by atoms with E-state index >= 15 is 0 Å². The molecule has 0 unspecified atom stereocenters. The number of carbonyl (C=O) groups excluding carboxylic acids is 2. The molecule has 0 aliphatic rings. The fraction of sp³-hybridized carbons (Fsp3) is 0.105. The molecule has 3 aromatic heterocycles. The van der Waals surface area contributed by atoms with Crippen molar-refractivity contribution in [1.82, 2.24) is 19.9 Å². The summed E-state index contributed by atoms with van der Waals surface area (Å²) in [5, 5.41) is 22.8. The first-order valence-electron chi connectivity index (χ1n) is 8.71. The minimum absolute atomic E-state index is 0.188. The van der Waals surface area contributed by atoms with Gasteiger partial charge in [0.2, 0.25) is 4.96 Å². The van der Waals surface area contributed by atoms with E-state index in [1.165, 1.54) is 29.5 Å². The van der Waals surface area contributed by atoms with Crippen LogP contribution in [0.3, 0.4) is 0 Å². The van der Waals surface area contributed by atoms with Crippen LogP contribution in [0.4, 0.5) is 5.69 Å². The zero-order valence-electron chi connectivity index (χ0n) is 15.3. The lowest BCUT2D eigenvalue weighted by atomic mass is 10.2. The molecular formula is C19H13ClN6O2S2. The Morgan fingerprint density at radius 1 is 1.23 bits per heavy atom. The molecule has 0 aliphatic heterocycles. The molecule has 0 saturated heterocycles. The lowest BCUT2D eigenvalue weighted by Crippen LogP contribution is -2.36. The van der Waals surface area contributed by atoms with Gasteiger partial charge in [-0.05, 0) is 29.6 Å². The molecule has 0 saturated carbocycles. The van der Waals surface area contributed by atoms with Crippen molar-refractivity contribution in [2.45, 2.75) is 6.42 Å². The Bertz CT molecular complexity index is 1270. The number of hydrogen-bond donors (Lipinski definition) is 2. The van der Waals surface area contributed by atoms with Crippen LogP contribution in [0.5, 0.6) is 0 Å². The highest BCUT2D eigenvalue weighted by Gasteiger charge is 2.16. The number of rotatable bonds is 5. The van der Waals surface area contributed by atoms with Gasteiger partial charge < -0.3 is 10.6 Å². The molecule has 0 spiro atoms. The monoisotopic (exact) mass is 456 g/mol. The van der Waals surface area contributed by atoms with E-state index in [0.717, 1.165) is 15.5 Å². The first kappa shape index (κ1) is 20.0. The van der Waals surface area contributed by atoms with Crippen molar-refractivity contribution in [2.24, 2.45) is 0 Å². The Balaban J connectivity index is 1.36. The van der Waals surface area contributed by atoms with Crippen LogP contribution in [0.2, 0.25) is 5.02 Å². The molecule has 1 aromatic carbocycles. The quantitative estimate of drug-likeness (QED) is 0.447. The second-order valence-electron chi connectivity index (χ2n) is 6.10. The molecule has 4 rings (SSSR count). The van der Waals surface area contributed by atoms with Crippen LogP contribution in [0, 0.1) is 11.3 Å². The lowest BCUT2D eigenvalue weighted by Gasteiger charge is -2.08. The van der Waals surface area contributed by atoms with Crippen molar-refractivity contribution < 1.29 is 9.59 Å². The number of thiophene rings is 1. The van der Waals surface area contributed by atoms with Crippen LogP contribution in [-0.2, 0) is 16.0 Å². The van der Waals surface area contributed by atoms with E-state index in [1.54, 1.807) is 15.9 Å². The lowest BCUT2D eigenvalue weighted by molar-refractivity contribution is -0.136. The zero-order chi connectivity index (χ0) is 21.1. The summed E-state index contributed by atoms with van der Waals surface area (Å²) < 4.78 is 1.75. The van der Waals surface area contributed by atoms with E-state index in [4.69, 9.17) is 16.9 Å². The number of carbonyl (C=O) groups is 2. The number of benzene rings is 1. The van der Waals surface area contributed by atoms with Crippen molar-refractivity contribution >= 4 is 56.7 Å². The largest absolute Gasteiger partial charge is 0.347 e. The van der Waals surface area contributed by atoms with Crippen molar-refractivity contribution in [3.63, 3.8) is 0 Å². The molecule has 2 N–H and O–H groups in total. The summed E-state index contributed by atoms with van der Waals surface area (Å²) in [6.45, 7) is 0.243. The number of fused-ring (bicyclic) bond motifs is 1. The van der Waals surface area contributed by atoms with Gasteiger partial charge in [-0.1, -0.05) is 17.7 Å². The van der Waals surface area contributed by atoms with Crippen molar-refractivity contribution in [1.29, 1.82) is 5.26 Å². The summed E-state index contributed by atoms with van der Waals surface area (Å²) in [4.78, 5) is 30.5. The molecule has 0 bridgehead atoms. The molecule has 0 fully saturated rings. The number of hydrogen-bond acceptors (Lipinski definition) is 7. The Morgan fingerprint density at radius 2 is 2.10 bits per heavy atom. The highest BCUT2D eigenvalue weighted by molar-refractivity contribution is 7.15. The number of thiazole rings is 1. The first-order chi connectivity index (χ1) is 14.5. The summed E-state index contributed by atoms with van der Waals surface area (Å²) in [6.07, 6.45) is 0.479. The summed E-state index contributed by atoms with van der Waals surface area (Å²) in [5.74, 6) is -1.01. The molecule has 0 aliphatic carbocycles. The standard InChI is InChI=1S/C19H13ClN6O2S2/c20-12-4-3-11(9-21)14(8-12)23-18(28)17(27)22-6-5-13-10-30-19-24-16(25-26(13)19)15-2-1-7-29-15/h1-4,7-8,10H,5-6H2,(H,22,27)(H,23,28). The van der Waals surface area contributed by atoms with E-state index in [1.807, 2.05) is 29.0 Å². The third kappa shape index (κ3) is 4.18. The van der Waals surface area contributed by atoms with Crippen molar-refractivity contribution in [2.75, 3.05) is 11.9 Å². The Hall–Kier alpha value is -3.26. The second-order valence-corrected chi connectivity index (χ2v) is 8.32. The van der Waals surface area contributed by atoms with Crippen LogP contribution in [0.15, 0.2) is 41.1 Å². The average molecular weight is 457 g/mol. The highest BCUT2D eigenvalue weighted by atomic mass is 35.5. The molecular weight excluding hydrogens is 444 g/mol. The third-order valence-electron chi connectivity index (χ3n) is 4.11. The summed E-state index contributed by atoms with van der Waals surface area (Å²) in [5.41, 5.74) is 1.29. The minimum atomic E-state index is -0.870. The number of nitrogens with zero attached hydrogens (tertiary/aromatic N) is 4. The number of nitriles is 1. The SMILES string of the molecule is N#Cc1ccc(Cl)cc1NC(=O)C(=O)NCCc1csc2nc(-c3cccs3)nn12. The van der Waals surface area contributed by atoms with Gasteiger partial charge >= 0.3 is 11.8 Å². The van der Waals surface area contributed by atoms with E-state index in [-0.39, 0.29) is 17.8 Å². The summed E-state index contributed by atoms with van der Waals surface area (Å²) >= 11 is 8.92. The van der Waals surface area contributed by atoms with Gasteiger partial charge in [-0.25, -0.2) is 4.52 Å². The molecule has 4 aromatic rings. The van der Waals surface area contributed by atoms with Crippen LogP contribution in [-0.4, -0.2) is 33.0 Å². The predicted molar refractivity (Wildman–Crippen MR) is 116 cm³/mol. The highest BCUT2D eigenvalue weighted by Crippen LogP contribution is 2.24. The first-order valence-corrected chi connectivity index (χ1v) is 10.8. The van der Waals surface area contributed by atoms with E-state index < -0.39 is 11.8 Å². The predicted octanol–water partition coefficient (Wildman–Crippen LogP) is 3.34. The van der Waals surface area contributed by atoms with Gasteiger partial charge in [-0.2, -0.15) is 10.2 Å². The van der Waals surface area contributed by atoms with Crippen LogP contribution in [0.25, 0.3) is 15.7 Å². The molecule has 30 heavy (non-hydrogen) atoms. The Labute approximate surface area is 183 Å². The Kier molecular flexibility index (Phi) is 5.76. The fourth-order valence-electron chi connectivity index (χ4n) is 2.69. The maximum absolute atomic E-state index is 12.1. The number of aromatic nitrogens is 3. The third-order valence-corrected chi connectivity index (χ3v) is 6.08. The molecule has 0 atom stereocenters. The maximum atomic E-state index is 12.1. The van der Waals surface area contributed by atoms with E-state index in [0.29, 0.717) is 17.3 Å². The maximum Gasteiger partial charge on any atom is 0.313 e. The average Bonchev–Trinajstić information content (AvgIpc) is 3.46. The second kappa shape index (κ2) is 8.62. The molecule has 2 amide bonds. The van der Waals surface area contributed by atoms with Gasteiger partial charge in [0.25, 0.3) is 0 Å². The van der Waals surface area contributed by atoms with Crippen LogP contribution in [0.1, 0.15) is 11.3 Å². The molecule has 3 heterocycles. The van der Waals surface area contributed by atoms with Gasteiger partial charge in [-0.3, -0.25) is 9.59 Å². The van der Waals surface area contributed by atoms with Gasteiger partial charge in [-0.15, -0.1) is 27.8 Å². The smallest absolute Gasteiger partial charge is 0.313 e. The van der Waals surface area contributed by atoms with E-state index in [2.05, 4.69) is 20.7 Å². The number of nitrogens with one attached hydrogen (secondary N) is 2. The Morgan fingerprint density at radius 3 is 2.87 bits per heavy atom. The van der Waals surface area contributed by atoms with Crippen LogP contribution >= 0.6 is 34.3 Å².